The Kier molecular flexibility index (Phi) is 5.60. The third kappa shape index (κ3) is 4.30. The van der Waals surface area contributed by atoms with E-state index in [1.165, 1.54) is 28.8 Å². The predicted octanol–water partition coefficient (Wildman–Crippen LogP) is 4.32. The van der Waals surface area contributed by atoms with Crippen LogP contribution in [0.2, 0.25) is 0 Å². The molecule has 3 rings (SSSR count). The molecule has 0 bridgehead atoms. The van der Waals surface area contributed by atoms with Crippen molar-refractivity contribution in [3.8, 4) is 0 Å². The molecule has 0 atom stereocenters. The van der Waals surface area contributed by atoms with Gasteiger partial charge in [-0.1, -0.05) is 32.0 Å². The second-order valence-corrected chi connectivity index (χ2v) is 8.09. The van der Waals surface area contributed by atoms with E-state index in [2.05, 4.69) is 10.3 Å². The number of fused-ring (bicyclic) bond motifs is 1. The molecular weight excluding hydrogens is 415 g/mol. The van der Waals surface area contributed by atoms with E-state index in [1.807, 2.05) is 0 Å². The van der Waals surface area contributed by atoms with Crippen molar-refractivity contribution in [2.45, 2.75) is 25.4 Å². The van der Waals surface area contributed by atoms with E-state index in [1.54, 1.807) is 27.0 Å². The third-order valence-corrected chi connectivity index (χ3v) is 5.40. The van der Waals surface area contributed by atoms with Crippen LogP contribution in [0.15, 0.2) is 47.3 Å². The van der Waals surface area contributed by atoms with Gasteiger partial charge in [0.2, 0.25) is 0 Å². The predicted molar refractivity (Wildman–Crippen MR) is 111 cm³/mol. The second kappa shape index (κ2) is 7.71. The zero-order chi connectivity index (χ0) is 22.3. The van der Waals surface area contributed by atoms with E-state index in [-0.39, 0.29) is 16.9 Å². The topological polar surface area (TPSA) is 66.9 Å². The van der Waals surface area contributed by atoms with Gasteiger partial charge in [-0.15, -0.1) is 0 Å². The molecule has 0 fully saturated rings. The number of carbonyl (C=O) groups excluding carboxylic acids is 1. The number of halogens is 3. The number of amides is 1. The Labute approximate surface area is 175 Å². The van der Waals surface area contributed by atoms with Gasteiger partial charge in [-0.05, 0) is 42.0 Å². The molecule has 0 aliphatic heterocycles. The van der Waals surface area contributed by atoms with Crippen LogP contribution < -0.4 is 10.9 Å². The smallest absolute Gasteiger partial charge is 0.351 e. The van der Waals surface area contributed by atoms with Gasteiger partial charge in [-0.3, -0.25) is 14.2 Å². The molecule has 2 N–H and O–H groups in total. The minimum atomic E-state index is -4.43. The van der Waals surface area contributed by atoms with Gasteiger partial charge >= 0.3 is 6.18 Å². The largest absolute Gasteiger partial charge is 0.416 e. The lowest BCUT2D eigenvalue weighted by Crippen LogP contribution is -2.36. The number of aromatic nitrogens is 2. The molecule has 1 heterocycles. The number of hydrogen-bond acceptors (Lipinski definition) is 3. The first-order valence-electron chi connectivity index (χ1n) is 9.09. The Hall–Kier alpha value is -2.94. The SMILES string of the molecule is Cn1c(=S)[nH]c2cc(C(=O)NCC(C)(C)c3cccc(C(F)(F)F)c3)ccc2c1=O. The molecule has 0 saturated carbocycles. The van der Waals surface area contributed by atoms with Crippen molar-refractivity contribution in [1.29, 1.82) is 0 Å². The summed E-state index contributed by atoms with van der Waals surface area (Å²) in [5, 5.41) is 3.15. The highest BCUT2D eigenvalue weighted by Gasteiger charge is 2.32. The molecule has 3 aromatic rings. The summed E-state index contributed by atoms with van der Waals surface area (Å²) in [4.78, 5) is 27.8. The summed E-state index contributed by atoms with van der Waals surface area (Å²) in [5.41, 5.74) is -0.529. The molecule has 1 aromatic heterocycles. The fourth-order valence-corrected chi connectivity index (χ4v) is 3.26. The van der Waals surface area contributed by atoms with Crippen molar-refractivity contribution in [3.63, 3.8) is 0 Å². The highest BCUT2D eigenvalue weighted by Crippen LogP contribution is 2.32. The Morgan fingerprint density at radius 2 is 1.80 bits per heavy atom. The van der Waals surface area contributed by atoms with Crippen LogP contribution in [0.25, 0.3) is 10.9 Å². The molecule has 5 nitrogen and oxygen atoms in total. The molecule has 0 saturated heterocycles. The fourth-order valence-electron chi connectivity index (χ4n) is 3.07. The van der Waals surface area contributed by atoms with Gasteiger partial charge in [0.15, 0.2) is 4.77 Å². The summed E-state index contributed by atoms with van der Waals surface area (Å²) in [7, 11) is 1.55. The summed E-state index contributed by atoms with van der Waals surface area (Å²) >= 11 is 5.09. The summed E-state index contributed by atoms with van der Waals surface area (Å²) in [6, 6.07) is 9.66. The maximum atomic E-state index is 13.0. The molecular formula is C21H20F3N3O2S. The molecule has 158 valence electrons. The van der Waals surface area contributed by atoms with Crippen molar-refractivity contribution in [2.75, 3.05) is 6.54 Å². The zero-order valence-corrected chi connectivity index (χ0v) is 17.4. The minimum absolute atomic E-state index is 0.123. The highest BCUT2D eigenvalue weighted by atomic mass is 32.1. The number of nitrogens with one attached hydrogen (secondary N) is 2. The molecule has 0 spiro atoms. The number of alkyl halides is 3. The third-order valence-electron chi connectivity index (χ3n) is 5.03. The molecule has 0 aliphatic carbocycles. The van der Waals surface area contributed by atoms with E-state index in [9.17, 15) is 22.8 Å². The van der Waals surface area contributed by atoms with E-state index in [0.717, 1.165) is 12.1 Å². The number of carbonyl (C=O) groups is 1. The van der Waals surface area contributed by atoms with Gasteiger partial charge in [0.1, 0.15) is 0 Å². The summed E-state index contributed by atoms with van der Waals surface area (Å²) < 4.78 is 40.5. The number of benzene rings is 2. The molecule has 0 radical (unpaired) electrons. The average Bonchev–Trinajstić information content (AvgIpc) is 2.69. The summed E-state index contributed by atoms with van der Waals surface area (Å²) in [6.45, 7) is 3.63. The molecule has 2 aromatic carbocycles. The second-order valence-electron chi connectivity index (χ2n) is 7.70. The quantitative estimate of drug-likeness (QED) is 0.600. The number of aromatic amines is 1. The van der Waals surface area contributed by atoms with Crippen LogP contribution >= 0.6 is 12.2 Å². The Bertz CT molecular complexity index is 1240. The first-order valence-corrected chi connectivity index (χ1v) is 9.50. The monoisotopic (exact) mass is 435 g/mol. The number of rotatable bonds is 4. The maximum absolute atomic E-state index is 13.0. The molecule has 0 aliphatic rings. The van der Waals surface area contributed by atoms with Crippen LogP contribution in [0.3, 0.4) is 0 Å². The van der Waals surface area contributed by atoms with Gasteiger partial charge in [0, 0.05) is 24.6 Å². The van der Waals surface area contributed by atoms with Crippen LogP contribution in [0.4, 0.5) is 13.2 Å². The van der Waals surface area contributed by atoms with E-state index in [4.69, 9.17) is 12.2 Å². The van der Waals surface area contributed by atoms with Gasteiger partial charge in [0.05, 0.1) is 16.5 Å². The zero-order valence-electron chi connectivity index (χ0n) is 16.6. The van der Waals surface area contributed by atoms with Crippen LogP contribution in [-0.4, -0.2) is 22.0 Å². The lowest BCUT2D eigenvalue weighted by Gasteiger charge is -2.26. The van der Waals surface area contributed by atoms with E-state index >= 15 is 0 Å². The molecule has 0 unspecified atom stereocenters. The molecule has 9 heteroatoms. The van der Waals surface area contributed by atoms with Crippen molar-refractivity contribution in [2.24, 2.45) is 7.05 Å². The fraction of sp³-hybridized carbons (Fsp3) is 0.286. The number of H-pyrrole nitrogens is 1. The first-order chi connectivity index (χ1) is 13.9. The van der Waals surface area contributed by atoms with Crippen LogP contribution in [-0.2, 0) is 18.6 Å². The van der Waals surface area contributed by atoms with Gasteiger partial charge < -0.3 is 10.3 Å². The first kappa shape index (κ1) is 21.8. The van der Waals surface area contributed by atoms with Crippen molar-refractivity contribution in [3.05, 3.63) is 74.3 Å². The molecule has 1 amide bonds. The lowest BCUT2D eigenvalue weighted by atomic mass is 9.83. The van der Waals surface area contributed by atoms with Crippen LogP contribution in [0, 0.1) is 4.77 Å². The number of hydrogen-bond donors (Lipinski definition) is 2. The summed E-state index contributed by atoms with van der Waals surface area (Å²) in [6.07, 6.45) is -4.43. The van der Waals surface area contributed by atoms with Crippen molar-refractivity contribution >= 4 is 29.0 Å². The lowest BCUT2D eigenvalue weighted by molar-refractivity contribution is -0.137. The standard InChI is InChI=1S/C21H20F3N3O2S/c1-20(2,13-5-4-6-14(10-13)21(22,23)24)11-25-17(28)12-7-8-15-16(9-12)26-19(30)27(3)18(15)29/h4-10H,11H2,1-3H3,(H,25,28)(H,26,30). The Morgan fingerprint density at radius 3 is 2.47 bits per heavy atom. The Morgan fingerprint density at radius 1 is 1.13 bits per heavy atom. The van der Waals surface area contributed by atoms with Crippen LogP contribution in [0.5, 0.6) is 0 Å². The van der Waals surface area contributed by atoms with Gasteiger partial charge in [0.25, 0.3) is 11.5 Å². The van der Waals surface area contributed by atoms with Crippen LogP contribution in [0.1, 0.15) is 35.3 Å². The molecule has 30 heavy (non-hydrogen) atoms. The van der Waals surface area contributed by atoms with Crippen molar-refractivity contribution < 1.29 is 18.0 Å². The number of nitrogens with zero attached hydrogens (tertiary/aromatic N) is 1. The van der Waals surface area contributed by atoms with Crippen molar-refractivity contribution in [1.82, 2.24) is 14.9 Å². The average molecular weight is 435 g/mol. The normalized spacial score (nSPS) is 12.2. The maximum Gasteiger partial charge on any atom is 0.416 e. The van der Waals surface area contributed by atoms with E-state index in [0.29, 0.717) is 22.0 Å². The summed E-state index contributed by atoms with van der Waals surface area (Å²) in [5.74, 6) is -0.406. The minimum Gasteiger partial charge on any atom is -0.351 e. The van der Waals surface area contributed by atoms with Gasteiger partial charge in [-0.2, -0.15) is 13.2 Å². The highest BCUT2D eigenvalue weighted by molar-refractivity contribution is 7.71. The van der Waals surface area contributed by atoms with E-state index < -0.39 is 23.1 Å². The Balaban J connectivity index is 1.82. The van der Waals surface area contributed by atoms with Gasteiger partial charge in [-0.25, -0.2) is 0 Å².